The van der Waals surface area contributed by atoms with E-state index in [-0.39, 0.29) is 13.2 Å². The highest BCUT2D eigenvalue weighted by Crippen LogP contribution is 2.15. The maximum atomic E-state index is 11.7. The van der Waals surface area contributed by atoms with Crippen LogP contribution in [0.3, 0.4) is 0 Å². The molecule has 1 aromatic rings. The molecule has 0 spiro atoms. The Morgan fingerprint density at radius 1 is 1.06 bits per heavy atom. The summed E-state index contributed by atoms with van der Waals surface area (Å²) < 4.78 is 44.9. The SMILES string of the molecule is NCCc1ccc(OCCOCC(F)(F)F)cc1. The molecule has 2 N–H and O–H groups in total. The molecule has 18 heavy (non-hydrogen) atoms. The molecule has 6 heteroatoms. The molecular formula is C12H16F3NO2. The third-order valence-corrected chi connectivity index (χ3v) is 2.12. The molecule has 0 amide bonds. The molecule has 0 bridgehead atoms. The van der Waals surface area contributed by atoms with Crippen LogP contribution in [0, 0.1) is 0 Å². The van der Waals surface area contributed by atoms with Crippen LogP contribution < -0.4 is 10.5 Å². The summed E-state index contributed by atoms with van der Waals surface area (Å²) in [5.41, 5.74) is 6.50. The molecule has 0 saturated heterocycles. The molecule has 102 valence electrons. The summed E-state index contributed by atoms with van der Waals surface area (Å²) in [6.45, 7) is -0.673. The Labute approximate surface area is 104 Å². The van der Waals surface area contributed by atoms with Crippen LogP contribution in [0.25, 0.3) is 0 Å². The molecule has 0 aromatic heterocycles. The molecule has 0 heterocycles. The van der Waals surface area contributed by atoms with Crippen LogP contribution in [-0.2, 0) is 11.2 Å². The van der Waals surface area contributed by atoms with Crippen LogP contribution in [0.1, 0.15) is 5.56 Å². The summed E-state index contributed by atoms with van der Waals surface area (Å²) in [6, 6.07) is 7.26. The van der Waals surface area contributed by atoms with Crippen molar-refractivity contribution in [2.75, 3.05) is 26.4 Å². The fourth-order valence-corrected chi connectivity index (χ4v) is 1.33. The summed E-state index contributed by atoms with van der Waals surface area (Å²) in [4.78, 5) is 0. The molecule has 1 rings (SSSR count). The van der Waals surface area contributed by atoms with E-state index in [2.05, 4.69) is 4.74 Å². The van der Waals surface area contributed by atoms with Gasteiger partial charge in [-0.1, -0.05) is 12.1 Å². The summed E-state index contributed by atoms with van der Waals surface area (Å²) in [5, 5.41) is 0. The molecular weight excluding hydrogens is 247 g/mol. The zero-order chi connectivity index (χ0) is 13.4. The van der Waals surface area contributed by atoms with Gasteiger partial charge in [0.15, 0.2) is 0 Å². The van der Waals surface area contributed by atoms with E-state index in [1.165, 1.54) is 0 Å². The number of rotatable bonds is 7. The van der Waals surface area contributed by atoms with Gasteiger partial charge in [-0.25, -0.2) is 0 Å². The Hall–Kier alpha value is -1.27. The zero-order valence-corrected chi connectivity index (χ0v) is 9.87. The van der Waals surface area contributed by atoms with E-state index >= 15 is 0 Å². The molecule has 0 saturated carbocycles. The van der Waals surface area contributed by atoms with Gasteiger partial charge in [0.2, 0.25) is 0 Å². The van der Waals surface area contributed by atoms with Gasteiger partial charge in [0, 0.05) is 0 Å². The topological polar surface area (TPSA) is 44.5 Å². The van der Waals surface area contributed by atoms with Gasteiger partial charge < -0.3 is 15.2 Å². The average molecular weight is 263 g/mol. The van der Waals surface area contributed by atoms with Crippen molar-refractivity contribution in [3.63, 3.8) is 0 Å². The first-order valence-corrected chi connectivity index (χ1v) is 5.57. The molecule has 0 atom stereocenters. The smallest absolute Gasteiger partial charge is 0.411 e. The number of benzene rings is 1. The maximum absolute atomic E-state index is 11.7. The van der Waals surface area contributed by atoms with Crippen LogP contribution in [0.15, 0.2) is 24.3 Å². The van der Waals surface area contributed by atoms with Gasteiger partial charge in [-0.05, 0) is 30.7 Å². The van der Waals surface area contributed by atoms with Gasteiger partial charge >= 0.3 is 6.18 Å². The Morgan fingerprint density at radius 2 is 1.72 bits per heavy atom. The normalized spacial score (nSPS) is 11.6. The molecule has 0 aliphatic rings. The molecule has 0 radical (unpaired) electrons. The third-order valence-electron chi connectivity index (χ3n) is 2.12. The lowest BCUT2D eigenvalue weighted by atomic mass is 10.1. The number of hydrogen-bond acceptors (Lipinski definition) is 3. The summed E-state index contributed by atoms with van der Waals surface area (Å²) >= 11 is 0. The molecule has 0 aliphatic carbocycles. The molecule has 1 aromatic carbocycles. The number of nitrogens with two attached hydrogens (primary N) is 1. The van der Waals surface area contributed by atoms with E-state index in [1.54, 1.807) is 12.1 Å². The minimum absolute atomic E-state index is 0.0896. The van der Waals surface area contributed by atoms with Gasteiger partial charge in [-0.2, -0.15) is 13.2 Å². The molecule has 0 unspecified atom stereocenters. The lowest BCUT2D eigenvalue weighted by Crippen LogP contribution is -2.19. The van der Waals surface area contributed by atoms with E-state index in [4.69, 9.17) is 10.5 Å². The highest BCUT2D eigenvalue weighted by Gasteiger charge is 2.27. The number of halogens is 3. The lowest BCUT2D eigenvalue weighted by Gasteiger charge is -2.09. The van der Waals surface area contributed by atoms with Crippen LogP contribution in [0.4, 0.5) is 13.2 Å². The standard InChI is InChI=1S/C12H16F3NO2/c13-12(14,15)9-17-7-8-18-11-3-1-10(2-4-11)5-6-16/h1-4H,5-9,16H2. The Bertz CT molecular complexity index is 338. The van der Waals surface area contributed by atoms with Crippen molar-refractivity contribution < 1.29 is 22.6 Å². The first-order chi connectivity index (χ1) is 8.51. The minimum Gasteiger partial charge on any atom is -0.491 e. The second-order valence-corrected chi connectivity index (χ2v) is 3.70. The van der Waals surface area contributed by atoms with E-state index in [1.807, 2.05) is 12.1 Å². The third kappa shape index (κ3) is 6.46. The Morgan fingerprint density at radius 3 is 2.28 bits per heavy atom. The quantitative estimate of drug-likeness (QED) is 0.767. The van der Waals surface area contributed by atoms with E-state index in [0.29, 0.717) is 12.3 Å². The second-order valence-electron chi connectivity index (χ2n) is 3.70. The first-order valence-electron chi connectivity index (χ1n) is 5.57. The van der Waals surface area contributed by atoms with Crippen molar-refractivity contribution in [2.45, 2.75) is 12.6 Å². The van der Waals surface area contributed by atoms with Crippen molar-refractivity contribution >= 4 is 0 Å². The van der Waals surface area contributed by atoms with E-state index in [9.17, 15) is 13.2 Å². The van der Waals surface area contributed by atoms with Crippen LogP contribution in [0.5, 0.6) is 5.75 Å². The van der Waals surface area contributed by atoms with Crippen molar-refractivity contribution in [2.24, 2.45) is 5.73 Å². The highest BCUT2D eigenvalue weighted by molar-refractivity contribution is 5.27. The monoisotopic (exact) mass is 263 g/mol. The van der Waals surface area contributed by atoms with E-state index in [0.717, 1.165) is 12.0 Å². The van der Waals surface area contributed by atoms with Gasteiger partial charge in [0.1, 0.15) is 19.0 Å². The molecule has 0 fully saturated rings. The molecule has 0 aliphatic heterocycles. The lowest BCUT2D eigenvalue weighted by molar-refractivity contribution is -0.175. The summed E-state index contributed by atoms with van der Waals surface area (Å²) in [6.07, 6.45) is -3.50. The van der Waals surface area contributed by atoms with Gasteiger partial charge in [-0.15, -0.1) is 0 Å². The summed E-state index contributed by atoms with van der Waals surface area (Å²) in [5.74, 6) is 0.603. The fraction of sp³-hybridized carbons (Fsp3) is 0.500. The number of ether oxygens (including phenoxy) is 2. The largest absolute Gasteiger partial charge is 0.491 e. The predicted octanol–water partition coefficient (Wildman–Crippen LogP) is 2.15. The van der Waals surface area contributed by atoms with Crippen LogP contribution in [0.2, 0.25) is 0 Å². The number of hydrogen-bond donors (Lipinski definition) is 1. The zero-order valence-electron chi connectivity index (χ0n) is 9.87. The predicted molar refractivity (Wildman–Crippen MR) is 61.6 cm³/mol. The van der Waals surface area contributed by atoms with Gasteiger partial charge in [0.25, 0.3) is 0 Å². The Kier molecular flexibility index (Phi) is 5.94. The first kappa shape index (κ1) is 14.8. The van der Waals surface area contributed by atoms with Crippen molar-refractivity contribution in [1.29, 1.82) is 0 Å². The molecule has 3 nitrogen and oxygen atoms in total. The maximum Gasteiger partial charge on any atom is 0.411 e. The second kappa shape index (κ2) is 7.23. The van der Waals surface area contributed by atoms with Crippen LogP contribution in [-0.4, -0.2) is 32.5 Å². The summed E-state index contributed by atoms with van der Waals surface area (Å²) in [7, 11) is 0. The van der Waals surface area contributed by atoms with Crippen molar-refractivity contribution in [1.82, 2.24) is 0 Å². The Balaban J connectivity index is 2.19. The fourth-order valence-electron chi connectivity index (χ4n) is 1.33. The van der Waals surface area contributed by atoms with Gasteiger partial charge in [-0.3, -0.25) is 0 Å². The highest BCUT2D eigenvalue weighted by atomic mass is 19.4. The van der Waals surface area contributed by atoms with E-state index < -0.39 is 12.8 Å². The number of alkyl halides is 3. The average Bonchev–Trinajstić information content (AvgIpc) is 2.30. The minimum atomic E-state index is -4.29. The van der Waals surface area contributed by atoms with Gasteiger partial charge in [0.05, 0.1) is 6.61 Å². The van der Waals surface area contributed by atoms with Crippen molar-refractivity contribution in [3.8, 4) is 5.75 Å². The van der Waals surface area contributed by atoms with Crippen molar-refractivity contribution in [3.05, 3.63) is 29.8 Å². The van der Waals surface area contributed by atoms with Crippen LogP contribution >= 0.6 is 0 Å².